The van der Waals surface area contributed by atoms with E-state index in [1.54, 1.807) is 4.57 Å². The van der Waals surface area contributed by atoms with E-state index in [1.807, 2.05) is 11.8 Å². The number of carbonyl (C=O) groups excluding carboxylic acids is 1. The Labute approximate surface area is 164 Å². The number of nitrogens with zero attached hydrogens (tertiary/aromatic N) is 4. The summed E-state index contributed by atoms with van der Waals surface area (Å²) in [7, 11) is 1.49. The lowest BCUT2D eigenvalue weighted by Crippen LogP contribution is -2.46. The Balaban J connectivity index is 1.52. The van der Waals surface area contributed by atoms with Gasteiger partial charge in [-0.3, -0.25) is 23.6 Å². The fraction of sp³-hybridized carbons (Fsp3) is 0.737. The largest absolute Gasteiger partial charge is 0.379 e. The van der Waals surface area contributed by atoms with Crippen molar-refractivity contribution >= 4 is 11.7 Å². The van der Waals surface area contributed by atoms with Crippen LogP contribution in [0, 0.1) is 5.92 Å². The van der Waals surface area contributed by atoms with Crippen LogP contribution in [-0.2, 0) is 23.1 Å². The first kappa shape index (κ1) is 20.6. The third-order valence-electron chi connectivity index (χ3n) is 5.71. The summed E-state index contributed by atoms with van der Waals surface area (Å²) in [6, 6.07) is 1.52. The average molecular weight is 393 g/mol. The Morgan fingerprint density at radius 2 is 1.86 bits per heavy atom. The summed E-state index contributed by atoms with van der Waals surface area (Å²) in [4.78, 5) is 41.2. The Morgan fingerprint density at radius 3 is 2.50 bits per heavy atom. The Bertz CT molecular complexity index is 788. The second-order valence-corrected chi connectivity index (χ2v) is 7.43. The first-order valence-electron chi connectivity index (χ1n) is 10.1. The smallest absolute Gasteiger partial charge is 0.332 e. The van der Waals surface area contributed by atoms with E-state index in [0.29, 0.717) is 32.0 Å². The van der Waals surface area contributed by atoms with Crippen LogP contribution in [0.1, 0.15) is 19.8 Å². The molecule has 2 fully saturated rings. The lowest BCUT2D eigenvalue weighted by atomic mass is 9.96. The molecule has 0 atom stereocenters. The van der Waals surface area contributed by atoms with Crippen LogP contribution in [0.25, 0.3) is 0 Å². The van der Waals surface area contributed by atoms with Gasteiger partial charge in [0.2, 0.25) is 5.91 Å². The molecule has 1 aromatic heterocycles. The number of hydrogen-bond donors (Lipinski definition) is 1. The predicted octanol–water partition coefficient (Wildman–Crippen LogP) is -0.768. The molecule has 0 unspecified atom stereocenters. The zero-order valence-electron chi connectivity index (χ0n) is 16.9. The number of piperidine rings is 1. The van der Waals surface area contributed by atoms with E-state index >= 15 is 0 Å². The SMILES string of the molecule is CCn1c(N2CCC(C(=O)NCCN3CCOCC3)CC2)cc(=O)n(C)c1=O. The van der Waals surface area contributed by atoms with E-state index in [2.05, 4.69) is 10.2 Å². The van der Waals surface area contributed by atoms with Crippen LogP contribution in [0.15, 0.2) is 15.7 Å². The molecule has 9 heteroatoms. The molecular weight excluding hydrogens is 362 g/mol. The Morgan fingerprint density at radius 1 is 1.18 bits per heavy atom. The maximum atomic E-state index is 12.5. The number of morpholine rings is 1. The van der Waals surface area contributed by atoms with Gasteiger partial charge in [-0.25, -0.2) is 4.79 Å². The fourth-order valence-electron chi connectivity index (χ4n) is 3.89. The predicted molar refractivity (Wildman–Crippen MR) is 107 cm³/mol. The van der Waals surface area contributed by atoms with Gasteiger partial charge >= 0.3 is 5.69 Å². The Kier molecular flexibility index (Phi) is 6.90. The van der Waals surface area contributed by atoms with Crippen molar-refractivity contribution < 1.29 is 9.53 Å². The standard InChI is InChI=1S/C19H31N5O4/c1-3-24-16(14-17(25)21(2)19(24)27)23-7-4-15(5-8-23)18(26)20-6-9-22-10-12-28-13-11-22/h14-15H,3-13H2,1-2H3,(H,20,26). The number of ether oxygens (including phenoxy) is 1. The number of carbonyl (C=O) groups is 1. The fourth-order valence-corrected chi connectivity index (χ4v) is 3.89. The number of nitrogens with one attached hydrogen (secondary N) is 1. The van der Waals surface area contributed by atoms with Crippen molar-refractivity contribution in [1.82, 2.24) is 19.4 Å². The number of rotatable bonds is 6. The highest BCUT2D eigenvalue weighted by atomic mass is 16.5. The molecule has 28 heavy (non-hydrogen) atoms. The van der Waals surface area contributed by atoms with Crippen LogP contribution in [0.3, 0.4) is 0 Å². The first-order chi connectivity index (χ1) is 13.5. The third-order valence-corrected chi connectivity index (χ3v) is 5.71. The van der Waals surface area contributed by atoms with Crippen LogP contribution in [0.4, 0.5) is 5.82 Å². The van der Waals surface area contributed by atoms with Gasteiger partial charge in [0, 0.05) is 64.8 Å². The molecule has 2 aliphatic rings. The van der Waals surface area contributed by atoms with E-state index in [1.165, 1.54) is 13.1 Å². The zero-order valence-corrected chi connectivity index (χ0v) is 16.9. The molecule has 3 heterocycles. The van der Waals surface area contributed by atoms with Gasteiger partial charge in [0.15, 0.2) is 0 Å². The summed E-state index contributed by atoms with van der Waals surface area (Å²) in [5, 5.41) is 3.05. The van der Waals surface area contributed by atoms with Crippen LogP contribution in [0.2, 0.25) is 0 Å². The molecule has 0 radical (unpaired) electrons. The molecular formula is C19H31N5O4. The van der Waals surface area contributed by atoms with E-state index in [9.17, 15) is 14.4 Å². The maximum Gasteiger partial charge on any atom is 0.332 e. The van der Waals surface area contributed by atoms with Gasteiger partial charge in [-0.1, -0.05) is 0 Å². The minimum absolute atomic E-state index is 0.0192. The van der Waals surface area contributed by atoms with Crippen LogP contribution >= 0.6 is 0 Å². The molecule has 1 amide bonds. The van der Waals surface area contributed by atoms with Gasteiger partial charge < -0.3 is 15.0 Å². The lowest BCUT2D eigenvalue weighted by Gasteiger charge is -2.34. The topological polar surface area (TPSA) is 88.8 Å². The van der Waals surface area contributed by atoms with Crippen molar-refractivity contribution in [2.75, 3.05) is 57.4 Å². The molecule has 0 saturated carbocycles. The highest BCUT2D eigenvalue weighted by Crippen LogP contribution is 2.22. The van der Waals surface area contributed by atoms with Crippen molar-refractivity contribution in [3.05, 3.63) is 26.9 Å². The van der Waals surface area contributed by atoms with Crippen molar-refractivity contribution in [3.63, 3.8) is 0 Å². The van der Waals surface area contributed by atoms with Gasteiger partial charge in [0.1, 0.15) is 5.82 Å². The van der Waals surface area contributed by atoms with E-state index in [-0.39, 0.29) is 23.1 Å². The van der Waals surface area contributed by atoms with Crippen molar-refractivity contribution in [2.24, 2.45) is 13.0 Å². The number of hydrogen-bond acceptors (Lipinski definition) is 6. The summed E-state index contributed by atoms with van der Waals surface area (Å²) in [5.74, 6) is 0.737. The van der Waals surface area contributed by atoms with E-state index < -0.39 is 0 Å². The van der Waals surface area contributed by atoms with E-state index in [0.717, 1.165) is 50.3 Å². The van der Waals surface area contributed by atoms with Gasteiger partial charge in [-0.15, -0.1) is 0 Å². The van der Waals surface area contributed by atoms with Crippen LogP contribution in [0.5, 0.6) is 0 Å². The molecule has 9 nitrogen and oxygen atoms in total. The molecule has 0 aliphatic carbocycles. The summed E-state index contributed by atoms with van der Waals surface area (Å²) >= 11 is 0. The number of amides is 1. The number of aromatic nitrogens is 2. The lowest BCUT2D eigenvalue weighted by molar-refractivity contribution is -0.125. The van der Waals surface area contributed by atoms with Crippen molar-refractivity contribution in [2.45, 2.75) is 26.3 Å². The quantitative estimate of drug-likeness (QED) is 0.683. The summed E-state index contributed by atoms with van der Waals surface area (Å²) < 4.78 is 8.07. The maximum absolute atomic E-state index is 12.5. The second-order valence-electron chi connectivity index (χ2n) is 7.43. The summed E-state index contributed by atoms with van der Waals surface area (Å²) in [6.45, 7) is 8.59. The monoisotopic (exact) mass is 393 g/mol. The Hall–Kier alpha value is -2.13. The summed E-state index contributed by atoms with van der Waals surface area (Å²) in [5.41, 5.74) is -0.597. The molecule has 1 aromatic rings. The molecule has 3 rings (SSSR count). The number of anilines is 1. The molecule has 156 valence electrons. The molecule has 0 aromatic carbocycles. The third kappa shape index (κ3) is 4.64. The molecule has 0 spiro atoms. The van der Waals surface area contributed by atoms with E-state index in [4.69, 9.17) is 4.74 Å². The van der Waals surface area contributed by atoms with Gasteiger partial charge in [0.25, 0.3) is 5.56 Å². The van der Waals surface area contributed by atoms with Crippen LogP contribution in [-0.4, -0.2) is 72.4 Å². The molecule has 0 bridgehead atoms. The normalized spacial score (nSPS) is 19.0. The van der Waals surface area contributed by atoms with Gasteiger partial charge in [-0.2, -0.15) is 0 Å². The average Bonchev–Trinajstić information content (AvgIpc) is 2.72. The first-order valence-corrected chi connectivity index (χ1v) is 10.1. The van der Waals surface area contributed by atoms with Crippen LogP contribution < -0.4 is 21.5 Å². The molecule has 2 saturated heterocycles. The second kappa shape index (κ2) is 9.38. The highest BCUT2D eigenvalue weighted by molar-refractivity contribution is 5.78. The van der Waals surface area contributed by atoms with Crippen molar-refractivity contribution in [1.29, 1.82) is 0 Å². The zero-order chi connectivity index (χ0) is 20.1. The summed E-state index contributed by atoms with van der Waals surface area (Å²) in [6.07, 6.45) is 1.44. The van der Waals surface area contributed by atoms with Gasteiger partial charge in [0.05, 0.1) is 13.2 Å². The molecule has 1 N–H and O–H groups in total. The molecule has 2 aliphatic heterocycles. The minimum atomic E-state index is -0.298. The highest BCUT2D eigenvalue weighted by Gasteiger charge is 2.26. The van der Waals surface area contributed by atoms with Crippen molar-refractivity contribution in [3.8, 4) is 0 Å². The van der Waals surface area contributed by atoms with Gasteiger partial charge in [-0.05, 0) is 19.8 Å². The minimum Gasteiger partial charge on any atom is -0.379 e.